The van der Waals surface area contributed by atoms with Crippen molar-refractivity contribution >= 4 is 38.8 Å². The molecular formula is C25H27BrN2O4. The highest BCUT2D eigenvalue weighted by Crippen LogP contribution is 2.37. The topological polar surface area (TPSA) is 69.2 Å². The summed E-state index contributed by atoms with van der Waals surface area (Å²) in [6, 6.07) is 15.1. The van der Waals surface area contributed by atoms with Crippen LogP contribution in [0.15, 0.2) is 58.1 Å². The van der Waals surface area contributed by atoms with Gasteiger partial charge in [-0.3, -0.25) is 4.79 Å². The number of rotatable bonds is 9. The molecule has 0 fully saturated rings. The van der Waals surface area contributed by atoms with Crippen molar-refractivity contribution in [2.24, 2.45) is 5.10 Å². The summed E-state index contributed by atoms with van der Waals surface area (Å²) in [5, 5.41) is 6.07. The normalized spacial score (nSPS) is 12.0. The van der Waals surface area contributed by atoms with Crippen LogP contribution in [0.5, 0.6) is 17.2 Å². The lowest BCUT2D eigenvalue weighted by atomic mass is 10.1. The third-order valence-corrected chi connectivity index (χ3v) is 5.51. The van der Waals surface area contributed by atoms with E-state index in [1.165, 1.54) is 0 Å². The number of methoxy groups -OCH3 is 1. The minimum atomic E-state index is -0.357. The van der Waals surface area contributed by atoms with Gasteiger partial charge in [-0.2, -0.15) is 5.10 Å². The Bertz CT molecular complexity index is 1130. The van der Waals surface area contributed by atoms with Crippen LogP contribution in [0.4, 0.5) is 0 Å². The molecule has 32 heavy (non-hydrogen) atoms. The summed E-state index contributed by atoms with van der Waals surface area (Å²) in [4.78, 5) is 12.7. The van der Waals surface area contributed by atoms with E-state index in [9.17, 15) is 4.79 Å². The van der Waals surface area contributed by atoms with Gasteiger partial charge in [0, 0.05) is 0 Å². The molecule has 0 radical (unpaired) electrons. The van der Waals surface area contributed by atoms with Gasteiger partial charge >= 0.3 is 0 Å². The molecule has 0 unspecified atom stereocenters. The molecule has 0 saturated heterocycles. The zero-order valence-electron chi connectivity index (χ0n) is 18.6. The minimum absolute atomic E-state index is 0.0567. The van der Waals surface area contributed by atoms with Crippen LogP contribution in [0, 0.1) is 0 Å². The predicted octanol–water partition coefficient (Wildman–Crippen LogP) is 5.95. The van der Waals surface area contributed by atoms with Gasteiger partial charge in [-0.15, -0.1) is 0 Å². The van der Waals surface area contributed by atoms with E-state index in [0.717, 1.165) is 27.2 Å². The number of hydrogen-bond acceptors (Lipinski definition) is 5. The molecule has 0 bridgehead atoms. The Hall–Kier alpha value is -3.06. The molecule has 0 aliphatic rings. The summed E-state index contributed by atoms with van der Waals surface area (Å²) in [6.45, 7) is 6.49. The van der Waals surface area contributed by atoms with Crippen LogP contribution in [-0.2, 0) is 0 Å². The predicted molar refractivity (Wildman–Crippen MR) is 131 cm³/mol. The van der Waals surface area contributed by atoms with Gasteiger partial charge in [0.25, 0.3) is 5.91 Å². The van der Waals surface area contributed by atoms with E-state index in [1.54, 1.807) is 19.4 Å². The lowest BCUT2D eigenvalue weighted by Crippen LogP contribution is -2.18. The Balaban J connectivity index is 1.81. The van der Waals surface area contributed by atoms with Gasteiger partial charge in [0.15, 0.2) is 11.5 Å². The number of carbonyl (C=O) groups is 1. The van der Waals surface area contributed by atoms with Gasteiger partial charge in [0.2, 0.25) is 0 Å². The number of ether oxygens (including phenoxy) is 3. The Kier molecular flexibility index (Phi) is 8.11. The van der Waals surface area contributed by atoms with Gasteiger partial charge in [0.05, 0.1) is 36.1 Å². The first-order valence-electron chi connectivity index (χ1n) is 10.5. The smallest absolute Gasteiger partial charge is 0.275 e. The summed E-state index contributed by atoms with van der Waals surface area (Å²) >= 11 is 3.55. The van der Waals surface area contributed by atoms with Gasteiger partial charge in [-0.1, -0.05) is 31.2 Å². The van der Waals surface area contributed by atoms with Crippen molar-refractivity contribution in [1.29, 1.82) is 0 Å². The van der Waals surface area contributed by atoms with Crippen LogP contribution in [0.2, 0.25) is 0 Å². The second kappa shape index (κ2) is 11.0. The number of halogens is 1. The molecule has 7 heteroatoms. The number of hydrazone groups is 1. The number of fused-ring (bicyclic) bond motifs is 1. The van der Waals surface area contributed by atoms with Crippen molar-refractivity contribution in [2.45, 2.75) is 33.3 Å². The number of benzene rings is 3. The molecule has 0 aliphatic heterocycles. The fourth-order valence-corrected chi connectivity index (χ4v) is 3.67. The molecule has 1 atom stereocenters. The standard InChI is InChI=1S/C25H27BrN2O4/c1-5-16(3)32-24-21(26)11-17(12-23(24)31-6-2)15-27-28-25(29)20-13-18-9-7-8-10-19(18)14-22(20)30-4/h7-16H,5-6H2,1-4H3,(H,28,29)/b27-15-/t16-/m1/s1. The van der Waals surface area contributed by atoms with Crippen molar-refractivity contribution in [3.63, 3.8) is 0 Å². The highest BCUT2D eigenvalue weighted by atomic mass is 79.9. The molecule has 168 valence electrons. The van der Waals surface area contributed by atoms with Crippen molar-refractivity contribution in [3.05, 3.63) is 64.1 Å². The van der Waals surface area contributed by atoms with Gasteiger partial charge in [0.1, 0.15) is 5.75 Å². The SMILES string of the molecule is CCOc1cc(/C=N\NC(=O)c2cc3ccccc3cc2OC)cc(Br)c1O[C@H](C)CC. The molecule has 0 heterocycles. The summed E-state index contributed by atoms with van der Waals surface area (Å²) in [5.74, 6) is 1.41. The van der Waals surface area contributed by atoms with Gasteiger partial charge in [-0.25, -0.2) is 5.43 Å². The number of amides is 1. The zero-order chi connectivity index (χ0) is 23.1. The third kappa shape index (κ3) is 5.59. The van der Waals surface area contributed by atoms with Crippen LogP contribution < -0.4 is 19.6 Å². The number of hydrogen-bond donors (Lipinski definition) is 1. The first kappa shape index (κ1) is 23.6. The first-order valence-corrected chi connectivity index (χ1v) is 11.3. The molecule has 0 aromatic heterocycles. The summed E-state index contributed by atoms with van der Waals surface area (Å²) in [6.07, 6.45) is 2.50. The molecular weight excluding hydrogens is 472 g/mol. The highest BCUT2D eigenvalue weighted by Gasteiger charge is 2.15. The van der Waals surface area contributed by atoms with E-state index in [1.807, 2.05) is 56.3 Å². The summed E-state index contributed by atoms with van der Waals surface area (Å²) in [5.41, 5.74) is 3.74. The molecule has 1 amide bonds. The number of nitrogens with zero attached hydrogens (tertiary/aromatic N) is 1. The van der Waals surface area contributed by atoms with Crippen LogP contribution in [0.1, 0.15) is 43.1 Å². The zero-order valence-corrected chi connectivity index (χ0v) is 20.2. The van der Waals surface area contributed by atoms with Crippen molar-refractivity contribution in [1.82, 2.24) is 5.43 Å². The quantitative estimate of drug-likeness (QED) is 0.292. The first-order chi connectivity index (χ1) is 15.5. The monoisotopic (exact) mass is 498 g/mol. The second-order valence-electron chi connectivity index (χ2n) is 7.20. The largest absolute Gasteiger partial charge is 0.496 e. The Morgan fingerprint density at radius 3 is 2.50 bits per heavy atom. The van der Waals surface area contributed by atoms with E-state index >= 15 is 0 Å². The molecule has 1 N–H and O–H groups in total. The average Bonchev–Trinajstić information content (AvgIpc) is 2.80. The highest BCUT2D eigenvalue weighted by molar-refractivity contribution is 9.10. The number of nitrogens with one attached hydrogen (secondary N) is 1. The molecule has 3 aromatic carbocycles. The van der Waals surface area contributed by atoms with Crippen LogP contribution in [0.25, 0.3) is 10.8 Å². The van der Waals surface area contributed by atoms with Crippen molar-refractivity contribution in [2.75, 3.05) is 13.7 Å². The van der Waals surface area contributed by atoms with E-state index < -0.39 is 0 Å². The third-order valence-electron chi connectivity index (χ3n) is 4.92. The van der Waals surface area contributed by atoms with E-state index in [4.69, 9.17) is 14.2 Å². The fourth-order valence-electron chi connectivity index (χ4n) is 3.12. The Morgan fingerprint density at radius 2 is 1.84 bits per heavy atom. The van der Waals surface area contributed by atoms with E-state index in [2.05, 4.69) is 33.4 Å². The van der Waals surface area contributed by atoms with E-state index in [-0.39, 0.29) is 12.0 Å². The molecule has 6 nitrogen and oxygen atoms in total. The van der Waals surface area contributed by atoms with Gasteiger partial charge in [-0.05, 0) is 76.8 Å². The molecule has 0 saturated carbocycles. The van der Waals surface area contributed by atoms with Crippen LogP contribution in [-0.4, -0.2) is 31.9 Å². The lowest BCUT2D eigenvalue weighted by Gasteiger charge is -2.18. The van der Waals surface area contributed by atoms with Gasteiger partial charge < -0.3 is 14.2 Å². The minimum Gasteiger partial charge on any atom is -0.496 e. The molecule has 3 rings (SSSR count). The maximum Gasteiger partial charge on any atom is 0.275 e. The Morgan fingerprint density at radius 1 is 1.12 bits per heavy atom. The van der Waals surface area contributed by atoms with Crippen molar-refractivity contribution < 1.29 is 19.0 Å². The van der Waals surface area contributed by atoms with E-state index in [0.29, 0.717) is 29.4 Å². The summed E-state index contributed by atoms with van der Waals surface area (Å²) < 4.78 is 17.9. The lowest BCUT2D eigenvalue weighted by molar-refractivity contribution is 0.0952. The maximum absolute atomic E-state index is 12.7. The molecule has 0 aliphatic carbocycles. The molecule has 0 spiro atoms. The average molecular weight is 499 g/mol. The van der Waals surface area contributed by atoms with Crippen LogP contribution in [0.3, 0.4) is 0 Å². The fraction of sp³-hybridized carbons (Fsp3) is 0.280. The molecule has 3 aromatic rings. The Labute approximate surface area is 196 Å². The number of carbonyl (C=O) groups excluding carboxylic acids is 1. The second-order valence-corrected chi connectivity index (χ2v) is 8.05. The van der Waals surface area contributed by atoms with Crippen molar-refractivity contribution in [3.8, 4) is 17.2 Å². The van der Waals surface area contributed by atoms with Crippen LogP contribution >= 0.6 is 15.9 Å². The summed E-state index contributed by atoms with van der Waals surface area (Å²) in [7, 11) is 1.54. The maximum atomic E-state index is 12.7.